The first kappa shape index (κ1) is 10.8. The van der Waals surface area contributed by atoms with Crippen LogP contribution in [-0.4, -0.2) is 23.8 Å². The van der Waals surface area contributed by atoms with Gasteiger partial charge in [0.05, 0.1) is 0 Å². The lowest BCUT2D eigenvalue weighted by molar-refractivity contribution is -0.119. The van der Waals surface area contributed by atoms with Crippen LogP contribution < -0.4 is 0 Å². The molecule has 1 saturated heterocycles. The largest absolute Gasteiger partial charge is 0.353 e. The predicted molar refractivity (Wildman–Crippen MR) is 59.8 cm³/mol. The molecule has 1 heterocycles. The normalized spacial score (nSPS) is 23.3. The monoisotopic (exact) mass is 216 g/mol. The summed E-state index contributed by atoms with van der Waals surface area (Å²) in [6.07, 6.45) is 2.11. The molecule has 0 amide bonds. The predicted octanol–water partition coefficient (Wildman–Crippen LogP) is 1.63. The van der Waals surface area contributed by atoms with Gasteiger partial charge in [0.15, 0.2) is 23.8 Å². The van der Waals surface area contributed by atoms with E-state index in [-0.39, 0.29) is 11.6 Å². The molecule has 0 bridgehead atoms. The molecule has 3 nitrogen and oxygen atoms in total. The number of epoxide rings is 1. The van der Waals surface area contributed by atoms with Gasteiger partial charge in [-0.1, -0.05) is 36.4 Å². The Kier molecular flexibility index (Phi) is 2.97. The van der Waals surface area contributed by atoms with Gasteiger partial charge >= 0.3 is 0 Å². The fourth-order valence-corrected chi connectivity index (χ4v) is 1.48. The first-order valence-electron chi connectivity index (χ1n) is 5.11. The van der Waals surface area contributed by atoms with Crippen molar-refractivity contribution in [2.24, 2.45) is 0 Å². The highest BCUT2D eigenvalue weighted by molar-refractivity contribution is 6.03. The van der Waals surface area contributed by atoms with Gasteiger partial charge in [-0.25, -0.2) is 0 Å². The molecule has 1 aromatic carbocycles. The van der Waals surface area contributed by atoms with Crippen LogP contribution in [0.5, 0.6) is 0 Å². The van der Waals surface area contributed by atoms with Gasteiger partial charge in [-0.3, -0.25) is 9.59 Å². The van der Waals surface area contributed by atoms with Crippen molar-refractivity contribution in [3.05, 3.63) is 42.0 Å². The van der Waals surface area contributed by atoms with E-state index in [2.05, 4.69) is 0 Å². The molecule has 2 atom stereocenters. The van der Waals surface area contributed by atoms with Crippen molar-refractivity contribution in [2.75, 3.05) is 0 Å². The lowest BCUT2D eigenvalue weighted by atomic mass is 10.1. The van der Waals surface area contributed by atoms with E-state index in [9.17, 15) is 9.59 Å². The maximum Gasteiger partial charge on any atom is 0.187 e. The van der Waals surface area contributed by atoms with Crippen LogP contribution in [0, 0.1) is 0 Å². The standard InChI is InChI=1S/C13H12O3/c1-9(14)12-13(16-12)11(15)8-7-10-5-3-2-4-6-10/h2-8,12-13H,1H3/b8-7+. The fraction of sp³-hybridized carbons (Fsp3) is 0.231. The number of carbonyl (C=O) groups is 2. The molecule has 2 unspecified atom stereocenters. The summed E-state index contributed by atoms with van der Waals surface area (Å²) in [6.45, 7) is 1.43. The second-order valence-electron chi connectivity index (χ2n) is 3.73. The van der Waals surface area contributed by atoms with E-state index in [0.29, 0.717) is 0 Å². The molecular formula is C13H12O3. The van der Waals surface area contributed by atoms with E-state index in [1.807, 2.05) is 30.3 Å². The lowest BCUT2D eigenvalue weighted by Crippen LogP contribution is -2.11. The van der Waals surface area contributed by atoms with Gasteiger partial charge in [0.1, 0.15) is 0 Å². The van der Waals surface area contributed by atoms with Crippen LogP contribution in [0.25, 0.3) is 6.08 Å². The Bertz CT molecular complexity index is 434. The highest BCUT2D eigenvalue weighted by Gasteiger charge is 2.46. The third kappa shape index (κ3) is 2.44. The van der Waals surface area contributed by atoms with E-state index in [1.54, 1.807) is 6.08 Å². The number of ether oxygens (including phenoxy) is 1. The van der Waals surface area contributed by atoms with Gasteiger partial charge in [0, 0.05) is 0 Å². The number of hydrogen-bond acceptors (Lipinski definition) is 3. The molecule has 1 aromatic rings. The molecule has 0 aliphatic carbocycles. The van der Waals surface area contributed by atoms with E-state index in [4.69, 9.17) is 4.74 Å². The second kappa shape index (κ2) is 4.41. The Morgan fingerprint density at radius 2 is 1.88 bits per heavy atom. The second-order valence-corrected chi connectivity index (χ2v) is 3.73. The summed E-state index contributed by atoms with van der Waals surface area (Å²) < 4.78 is 4.98. The minimum Gasteiger partial charge on any atom is -0.353 e. The van der Waals surface area contributed by atoms with Crippen LogP contribution in [-0.2, 0) is 14.3 Å². The maximum absolute atomic E-state index is 11.5. The van der Waals surface area contributed by atoms with Gasteiger partial charge in [-0.05, 0) is 18.6 Å². The Morgan fingerprint density at radius 1 is 1.19 bits per heavy atom. The van der Waals surface area contributed by atoms with Gasteiger partial charge in [0.25, 0.3) is 0 Å². The van der Waals surface area contributed by atoms with Crippen molar-refractivity contribution in [3.8, 4) is 0 Å². The average Bonchev–Trinajstić information content (AvgIpc) is 3.07. The first-order valence-corrected chi connectivity index (χ1v) is 5.11. The molecule has 1 aliphatic heterocycles. The summed E-state index contributed by atoms with van der Waals surface area (Å²) in [7, 11) is 0. The molecular weight excluding hydrogens is 204 g/mol. The van der Waals surface area contributed by atoms with Crippen LogP contribution >= 0.6 is 0 Å². The topological polar surface area (TPSA) is 46.7 Å². The van der Waals surface area contributed by atoms with Crippen LogP contribution in [0.1, 0.15) is 12.5 Å². The molecule has 82 valence electrons. The maximum atomic E-state index is 11.5. The van der Waals surface area contributed by atoms with Crippen LogP contribution in [0.15, 0.2) is 36.4 Å². The minimum absolute atomic E-state index is 0.0912. The average molecular weight is 216 g/mol. The van der Waals surface area contributed by atoms with E-state index >= 15 is 0 Å². The SMILES string of the molecule is CC(=O)C1OC1C(=O)/C=C/c1ccccc1. The van der Waals surface area contributed by atoms with Gasteiger partial charge in [-0.2, -0.15) is 0 Å². The molecule has 0 N–H and O–H groups in total. The molecule has 16 heavy (non-hydrogen) atoms. The highest BCUT2D eigenvalue weighted by Crippen LogP contribution is 2.24. The molecule has 0 saturated carbocycles. The third-order valence-corrected chi connectivity index (χ3v) is 2.41. The van der Waals surface area contributed by atoms with E-state index < -0.39 is 12.2 Å². The zero-order valence-electron chi connectivity index (χ0n) is 8.92. The number of ketones is 2. The summed E-state index contributed by atoms with van der Waals surface area (Å²) in [5.74, 6) is -0.240. The van der Waals surface area contributed by atoms with Gasteiger partial charge < -0.3 is 4.74 Å². The third-order valence-electron chi connectivity index (χ3n) is 2.41. The summed E-state index contributed by atoms with van der Waals surface area (Å²) >= 11 is 0. The van der Waals surface area contributed by atoms with Crippen molar-refractivity contribution in [1.29, 1.82) is 0 Å². The highest BCUT2D eigenvalue weighted by atomic mass is 16.6. The smallest absolute Gasteiger partial charge is 0.187 e. The van der Waals surface area contributed by atoms with Crippen molar-refractivity contribution in [3.63, 3.8) is 0 Å². The first-order chi connectivity index (χ1) is 7.68. The van der Waals surface area contributed by atoms with Crippen molar-refractivity contribution in [1.82, 2.24) is 0 Å². The number of rotatable bonds is 4. The van der Waals surface area contributed by atoms with Crippen LogP contribution in [0.2, 0.25) is 0 Å². The minimum atomic E-state index is -0.558. The Morgan fingerprint density at radius 3 is 2.44 bits per heavy atom. The lowest BCUT2D eigenvalue weighted by Gasteiger charge is -1.90. The number of carbonyl (C=O) groups excluding carboxylic acids is 2. The van der Waals surface area contributed by atoms with Crippen LogP contribution in [0.4, 0.5) is 0 Å². The van der Waals surface area contributed by atoms with Crippen molar-refractivity contribution < 1.29 is 14.3 Å². The van der Waals surface area contributed by atoms with Gasteiger partial charge in [0.2, 0.25) is 0 Å². The summed E-state index contributed by atoms with van der Waals surface area (Å²) in [6, 6.07) is 9.52. The molecule has 0 radical (unpaired) electrons. The number of benzene rings is 1. The quantitative estimate of drug-likeness (QED) is 0.567. The number of Topliss-reactive ketones (excluding diaryl/α,β-unsaturated/α-hetero) is 1. The summed E-state index contributed by atoms with van der Waals surface area (Å²) in [5, 5.41) is 0. The molecule has 3 heteroatoms. The molecule has 1 aliphatic rings. The fourth-order valence-electron chi connectivity index (χ4n) is 1.48. The van der Waals surface area contributed by atoms with Crippen molar-refractivity contribution in [2.45, 2.75) is 19.1 Å². The molecule has 2 rings (SSSR count). The van der Waals surface area contributed by atoms with E-state index in [0.717, 1.165) is 5.56 Å². The zero-order chi connectivity index (χ0) is 11.5. The zero-order valence-corrected chi connectivity index (χ0v) is 8.92. The Hall–Kier alpha value is -1.74. The van der Waals surface area contributed by atoms with E-state index in [1.165, 1.54) is 13.0 Å². The van der Waals surface area contributed by atoms with Gasteiger partial charge in [-0.15, -0.1) is 0 Å². The molecule has 0 spiro atoms. The number of hydrogen-bond donors (Lipinski definition) is 0. The van der Waals surface area contributed by atoms with Crippen LogP contribution in [0.3, 0.4) is 0 Å². The molecule has 0 aromatic heterocycles. The summed E-state index contributed by atoms with van der Waals surface area (Å²) in [5.41, 5.74) is 0.955. The summed E-state index contributed by atoms with van der Waals surface area (Å²) in [4.78, 5) is 22.4. The molecule has 1 fully saturated rings. The Labute approximate surface area is 93.7 Å². The Balaban J connectivity index is 1.94. The van der Waals surface area contributed by atoms with Crippen molar-refractivity contribution >= 4 is 17.6 Å².